The van der Waals surface area contributed by atoms with E-state index >= 15 is 0 Å². The zero-order valence-electron chi connectivity index (χ0n) is 22.0. The molecule has 0 N–H and O–H groups in total. The third kappa shape index (κ3) is 7.31. The van der Waals surface area contributed by atoms with Crippen molar-refractivity contribution in [2.45, 2.75) is 82.9 Å². The van der Waals surface area contributed by atoms with E-state index in [4.69, 9.17) is 14.2 Å². The number of hydrogen-bond acceptors (Lipinski definition) is 4. The third-order valence-corrected chi connectivity index (χ3v) is 8.50. The summed E-state index contributed by atoms with van der Waals surface area (Å²) in [6, 6.07) is 0. The highest BCUT2D eigenvalue weighted by molar-refractivity contribution is 5.12. The first kappa shape index (κ1) is 30.4. The van der Waals surface area contributed by atoms with Crippen LogP contribution in [0.15, 0.2) is 24.3 Å². The number of methoxy groups -OCH3 is 1. The van der Waals surface area contributed by atoms with Crippen molar-refractivity contribution in [1.29, 1.82) is 0 Å². The number of fused-ring (bicyclic) bond motifs is 4. The summed E-state index contributed by atoms with van der Waals surface area (Å²) in [4.78, 5) is 0. The lowest BCUT2D eigenvalue weighted by Crippen LogP contribution is -2.47. The van der Waals surface area contributed by atoms with Gasteiger partial charge < -0.3 is 18.9 Å². The van der Waals surface area contributed by atoms with Gasteiger partial charge in [0.1, 0.15) is 13.6 Å². The number of alkyl halides is 6. The van der Waals surface area contributed by atoms with Gasteiger partial charge in [-0.15, -0.1) is 0 Å². The van der Waals surface area contributed by atoms with E-state index in [0.29, 0.717) is 30.3 Å². The Balaban J connectivity index is 0.000000206. The highest BCUT2D eigenvalue weighted by Gasteiger charge is 2.56. The summed E-state index contributed by atoms with van der Waals surface area (Å²) < 4.78 is 98.6. The molecule has 0 aromatic heterocycles. The molecule has 0 aliphatic heterocycles. The van der Waals surface area contributed by atoms with Crippen LogP contribution in [0.1, 0.15) is 59.3 Å². The average molecular weight is 543 g/mol. The van der Waals surface area contributed by atoms with Crippen LogP contribution in [0.3, 0.4) is 0 Å². The zero-order chi connectivity index (χ0) is 27.5. The van der Waals surface area contributed by atoms with Gasteiger partial charge in [0.15, 0.2) is 11.2 Å². The van der Waals surface area contributed by atoms with Gasteiger partial charge in [-0.05, 0) is 94.8 Å². The van der Waals surface area contributed by atoms with Gasteiger partial charge in [0.2, 0.25) is 0 Å². The van der Waals surface area contributed by atoms with Crippen LogP contribution in [0.4, 0.5) is 26.3 Å². The Kier molecular flexibility index (Phi) is 9.84. The van der Waals surface area contributed by atoms with Gasteiger partial charge in [-0.2, -0.15) is 26.3 Å². The van der Waals surface area contributed by atoms with Crippen molar-refractivity contribution in [2.24, 2.45) is 35.5 Å². The minimum Gasteiger partial charge on any atom is -0.359 e. The van der Waals surface area contributed by atoms with Crippen LogP contribution < -0.4 is 0 Å². The first-order valence-corrected chi connectivity index (χ1v) is 13.1. The standard InChI is InChI=1S/C14H21F3O2.C13H19F3O2/c1-3-18-9-19-13(2,14(15,16)17)8-12-7-10-4-5-11(12)6-10;1-12(13(14,15)16,18-8-17-2)7-11-6-9-3-4-10(11)5-9/h4-5,10-12H,3,6-9H2,1-2H3;3-4,9-11H,5-8H2,1-2H3. The van der Waals surface area contributed by atoms with Crippen LogP contribution in [-0.4, -0.2) is 50.9 Å². The van der Waals surface area contributed by atoms with Crippen LogP contribution in [0, 0.1) is 35.5 Å². The van der Waals surface area contributed by atoms with Gasteiger partial charge in [0, 0.05) is 13.7 Å². The van der Waals surface area contributed by atoms with Gasteiger partial charge >= 0.3 is 12.4 Å². The Morgan fingerprint density at radius 2 is 1.11 bits per heavy atom. The normalized spacial score (nSPS) is 33.4. The van der Waals surface area contributed by atoms with Gasteiger partial charge in [-0.25, -0.2) is 0 Å². The number of allylic oxidation sites excluding steroid dienone is 4. The molecule has 0 radical (unpaired) electrons. The van der Waals surface area contributed by atoms with Crippen molar-refractivity contribution < 1.29 is 45.3 Å². The molecule has 4 rings (SSSR count). The van der Waals surface area contributed by atoms with Crippen LogP contribution in [0.2, 0.25) is 0 Å². The van der Waals surface area contributed by atoms with E-state index in [0.717, 1.165) is 39.5 Å². The predicted molar refractivity (Wildman–Crippen MR) is 126 cm³/mol. The van der Waals surface area contributed by atoms with Crippen molar-refractivity contribution in [3.63, 3.8) is 0 Å². The minimum atomic E-state index is -4.37. The van der Waals surface area contributed by atoms with E-state index in [1.54, 1.807) is 6.92 Å². The summed E-state index contributed by atoms with van der Waals surface area (Å²) in [6.07, 6.45) is 3.41. The molecule has 0 aromatic rings. The largest absolute Gasteiger partial charge is 0.417 e. The molecule has 214 valence electrons. The Morgan fingerprint density at radius 3 is 1.41 bits per heavy atom. The van der Waals surface area contributed by atoms with E-state index < -0.39 is 23.6 Å². The van der Waals surface area contributed by atoms with Gasteiger partial charge in [-0.1, -0.05) is 24.3 Å². The summed E-state index contributed by atoms with van der Waals surface area (Å²) >= 11 is 0. The molecule has 4 bridgehead atoms. The van der Waals surface area contributed by atoms with Crippen LogP contribution in [-0.2, 0) is 18.9 Å². The lowest BCUT2D eigenvalue weighted by molar-refractivity contribution is -0.297. The molecule has 0 amide bonds. The molecule has 0 saturated heterocycles. The van der Waals surface area contributed by atoms with Gasteiger partial charge in [0.05, 0.1) is 0 Å². The summed E-state index contributed by atoms with van der Waals surface area (Å²) in [5.41, 5.74) is -4.21. The number of halogens is 6. The highest BCUT2D eigenvalue weighted by atomic mass is 19.4. The molecular weight excluding hydrogens is 502 g/mol. The zero-order valence-corrected chi connectivity index (χ0v) is 22.0. The third-order valence-electron chi connectivity index (χ3n) is 8.50. The molecular formula is C27H40F6O4. The van der Waals surface area contributed by atoms with E-state index in [1.807, 2.05) is 0 Å². The fourth-order valence-corrected chi connectivity index (χ4v) is 6.22. The van der Waals surface area contributed by atoms with Crippen molar-refractivity contribution in [2.75, 3.05) is 27.3 Å². The Bertz CT molecular complexity index is 797. The smallest absolute Gasteiger partial charge is 0.359 e. The second-order valence-electron chi connectivity index (χ2n) is 11.3. The lowest BCUT2D eigenvalue weighted by Gasteiger charge is -2.35. The fraction of sp³-hybridized carbons (Fsp3) is 0.852. The van der Waals surface area contributed by atoms with E-state index in [9.17, 15) is 26.3 Å². The molecule has 0 aromatic carbocycles. The first-order chi connectivity index (χ1) is 17.2. The molecule has 0 heterocycles. The van der Waals surface area contributed by atoms with Crippen molar-refractivity contribution in [3.05, 3.63) is 24.3 Å². The summed E-state index contributed by atoms with van der Waals surface area (Å²) in [5.74, 6) is 1.68. The van der Waals surface area contributed by atoms with Crippen LogP contribution >= 0.6 is 0 Å². The molecule has 2 saturated carbocycles. The summed E-state index contributed by atoms with van der Waals surface area (Å²) in [6.45, 7) is 3.72. The maximum atomic E-state index is 13.2. The first-order valence-electron chi connectivity index (χ1n) is 13.1. The molecule has 4 aliphatic rings. The SMILES string of the molecule is CCOCOC(C)(CC1CC2C=CC1C2)C(F)(F)F.COCOC(C)(CC1CC2C=CC1C2)C(F)(F)F. The predicted octanol–water partition coefficient (Wildman–Crippen LogP) is 7.45. The summed E-state index contributed by atoms with van der Waals surface area (Å²) in [7, 11) is 1.33. The average Bonchev–Trinajstić information content (AvgIpc) is 3.59. The van der Waals surface area contributed by atoms with Crippen molar-refractivity contribution in [1.82, 2.24) is 0 Å². The Morgan fingerprint density at radius 1 is 0.676 bits per heavy atom. The highest BCUT2D eigenvalue weighted by Crippen LogP contribution is 2.51. The van der Waals surface area contributed by atoms with Crippen LogP contribution in [0.5, 0.6) is 0 Å². The maximum absolute atomic E-state index is 13.2. The lowest BCUT2D eigenvalue weighted by atomic mass is 9.83. The molecule has 0 spiro atoms. The van der Waals surface area contributed by atoms with Crippen molar-refractivity contribution in [3.8, 4) is 0 Å². The van der Waals surface area contributed by atoms with E-state index in [-0.39, 0.29) is 38.3 Å². The topological polar surface area (TPSA) is 36.9 Å². The maximum Gasteiger partial charge on any atom is 0.417 e. The molecule has 4 nitrogen and oxygen atoms in total. The Labute approximate surface area is 215 Å². The van der Waals surface area contributed by atoms with Gasteiger partial charge in [0.25, 0.3) is 0 Å². The quantitative estimate of drug-likeness (QED) is 0.118. The number of hydrogen-bond donors (Lipinski definition) is 0. The minimum absolute atomic E-state index is 0.0192. The van der Waals surface area contributed by atoms with Crippen molar-refractivity contribution >= 4 is 0 Å². The molecule has 8 unspecified atom stereocenters. The number of ether oxygens (including phenoxy) is 4. The van der Waals surface area contributed by atoms with Gasteiger partial charge in [-0.3, -0.25) is 0 Å². The van der Waals surface area contributed by atoms with E-state index in [2.05, 4.69) is 29.0 Å². The second-order valence-corrected chi connectivity index (χ2v) is 11.3. The molecule has 8 atom stereocenters. The van der Waals surface area contributed by atoms with Crippen LogP contribution in [0.25, 0.3) is 0 Å². The Hall–Kier alpha value is -1.10. The fourth-order valence-electron chi connectivity index (χ4n) is 6.22. The molecule has 37 heavy (non-hydrogen) atoms. The number of rotatable bonds is 11. The molecule has 2 fully saturated rings. The monoisotopic (exact) mass is 542 g/mol. The molecule has 4 aliphatic carbocycles. The van der Waals surface area contributed by atoms with E-state index in [1.165, 1.54) is 7.11 Å². The second kappa shape index (κ2) is 12.0. The molecule has 10 heteroatoms. The summed E-state index contributed by atoms with van der Waals surface area (Å²) in [5, 5.41) is 0.